The molecule has 0 saturated carbocycles. The first-order valence-electron chi connectivity index (χ1n) is 5.02. The molecule has 0 aliphatic heterocycles. The van der Waals surface area contributed by atoms with Crippen molar-refractivity contribution in [3.05, 3.63) is 30.1 Å². The molecule has 0 bridgehead atoms. The highest BCUT2D eigenvalue weighted by Gasteiger charge is 2.16. The van der Waals surface area contributed by atoms with E-state index in [1.165, 1.54) is 0 Å². The molecule has 14 heavy (non-hydrogen) atoms. The fraction of sp³-hybridized carbons (Fsp3) is 0.545. The largest absolute Gasteiger partial charge is 0.372 e. The molecule has 0 fully saturated rings. The summed E-state index contributed by atoms with van der Waals surface area (Å²) in [5, 5.41) is 0. The Morgan fingerprint density at radius 2 is 2.36 bits per heavy atom. The predicted molar refractivity (Wildman–Crippen MR) is 56.9 cm³/mol. The molecule has 78 valence electrons. The van der Waals surface area contributed by atoms with Crippen molar-refractivity contribution >= 4 is 0 Å². The summed E-state index contributed by atoms with van der Waals surface area (Å²) in [6.07, 6.45) is 4.53. The number of nitrogens with two attached hydrogens (primary N) is 1. The van der Waals surface area contributed by atoms with E-state index in [9.17, 15) is 0 Å². The third kappa shape index (κ3) is 3.09. The lowest BCUT2D eigenvalue weighted by Crippen LogP contribution is -2.27. The van der Waals surface area contributed by atoms with Gasteiger partial charge in [0.25, 0.3) is 0 Å². The Morgan fingerprint density at radius 3 is 2.86 bits per heavy atom. The average Bonchev–Trinajstić information content (AvgIpc) is 2.19. The van der Waals surface area contributed by atoms with Gasteiger partial charge in [0.2, 0.25) is 0 Å². The van der Waals surface area contributed by atoms with Crippen molar-refractivity contribution in [3.8, 4) is 0 Å². The summed E-state index contributed by atoms with van der Waals surface area (Å²) < 4.78 is 5.67. The summed E-state index contributed by atoms with van der Waals surface area (Å²) in [6.45, 7) is 4.77. The third-order valence-corrected chi connectivity index (χ3v) is 1.99. The Morgan fingerprint density at radius 1 is 1.57 bits per heavy atom. The Kier molecular flexibility index (Phi) is 4.56. The van der Waals surface area contributed by atoms with Crippen LogP contribution < -0.4 is 5.73 Å². The molecule has 3 heteroatoms. The maximum Gasteiger partial charge on any atom is 0.0987 e. The quantitative estimate of drug-likeness (QED) is 0.778. The smallest absolute Gasteiger partial charge is 0.0987 e. The lowest BCUT2D eigenvalue weighted by atomic mass is 10.1. The van der Waals surface area contributed by atoms with Crippen LogP contribution in [-0.4, -0.2) is 17.6 Å². The van der Waals surface area contributed by atoms with Gasteiger partial charge in [-0.15, -0.1) is 0 Å². The van der Waals surface area contributed by atoms with Crippen molar-refractivity contribution in [2.75, 3.05) is 6.61 Å². The highest BCUT2D eigenvalue weighted by atomic mass is 16.5. The van der Waals surface area contributed by atoms with E-state index in [2.05, 4.69) is 11.9 Å². The van der Waals surface area contributed by atoms with Gasteiger partial charge in [-0.1, -0.05) is 13.0 Å². The van der Waals surface area contributed by atoms with Crippen molar-refractivity contribution in [1.82, 2.24) is 4.98 Å². The second-order valence-electron chi connectivity index (χ2n) is 3.44. The van der Waals surface area contributed by atoms with E-state index in [4.69, 9.17) is 10.5 Å². The molecule has 0 spiro atoms. The summed E-state index contributed by atoms with van der Waals surface area (Å²) in [5.41, 5.74) is 6.91. The van der Waals surface area contributed by atoms with Crippen LogP contribution in [0.25, 0.3) is 0 Å². The first-order valence-corrected chi connectivity index (χ1v) is 5.02. The number of ether oxygens (including phenoxy) is 1. The van der Waals surface area contributed by atoms with Crippen LogP contribution in [0.15, 0.2) is 24.5 Å². The Balaban J connectivity index is 2.68. The minimum absolute atomic E-state index is 0.00856. The van der Waals surface area contributed by atoms with Gasteiger partial charge in [0.05, 0.1) is 6.10 Å². The van der Waals surface area contributed by atoms with Gasteiger partial charge in [0.15, 0.2) is 0 Å². The standard InChI is InChI=1S/C11H18N2O/c1-3-7-14-11(9(2)12)10-5-4-6-13-8-10/h4-6,8-9,11H,3,7,12H2,1-2H3. The fourth-order valence-electron chi connectivity index (χ4n) is 1.34. The van der Waals surface area contributed by atoms with E-state index in [-0.39, 0.29) is 12.1 Å². The summed E-state index contributed by atoms with van der Waals surface area (Å²) >= 11 is 0. The lowest BCUT2D eigenvalue weighted by Gasteiger charge is -2.21. The zero-order valence-electron chi connectivity index (χ0n) is 8.81. The second-order valence-corrected chi connectivity index (χ2v) is 3.44. The predicted octanol–water partition coefficient (Wildman–Crippen LogP) is 1.90. The van der Waals surface area contributed by atoms with Crippen molar-refractivity contribution in [3.63, 3.8) is 0 Å². The van der Waals surface area contributed by atoms with Crippen molar-refractivity contribution in [2.45, 2.75) is 32.4 Å². The summed E-state index contributed by atoms with van der Waals surface area (Å²) in [7, 11) is 0. The van der Waals surface area contributed by atoms with E-state index in [0.29, 0.717) is 0 Å². The number of pyridine rings is 1. The molecule has 2 atom stereocenters. The molecule has 0 aliphatic carbocycles. The number of hydrogen-bond donors (Lipinski definition) is 1. The van der Waals surface area contributed by atoms with Gasteiger partial charge in [-0.05, 0) is 19.4 Å². The molecule has 2 N–H and O–H groups in total. The van der Waals surface area contributed by atoms with Gasteiger partial charge in [0.1, 0.15) is 0 Å². The van der Waals surface area contributed by atoms with Crippen LogP contribution in [0.5, 0.6) is 0 Å². The van der Waals surface area contributed by atoms with Crippen LogP contribution in [0.4, 0.5) is 0 Å². The number of hydrogen-bond acceptors (Lipinski definition) is 3. The van der Waals surface area contributed by atoms with Gasteiger partial charge in [-0.25, -0.2) is 0 Å². The molecule has 1 heterocycles. The topological polar surface area (TPSA) is 48.1 Å². The van der Waals surface area contributed by atoms with E-state index >= 15 is 0 Å². The molecule has 0 saturated heterocycles. The normalized spacial score (nSPS) is 15.1. The van der Waals surface area contributed by atoms with Crippen LogP contribution >= 0.6 is 0 Å². The van der Waals surface area contributed by atoms with Gasteiger partial charge in [-0.3, -0.25) is 4.98 Å². The van der Waals surface area contributed by atoms with Crippen molar-refractivity contribution < 1.29 is 4.74 Å². The highest BCUT2D eigenvalue weighted by molar-refractivity contribution is 5.13. The lowest BCUT2D eigenvalue weighted by molar-refractivity contribution is 0.0385. The molecule has 1 aromatic rings. The minimum atomic E-state index is -0.0383. The minimum Gasteiger partial charge on any atom is -0.372 e. The van der Waals surface area contributed by atoms with Gasteiger partial charge >= 0.3 is 0 Å². The molecule has 0 radical (unpaired) electrons. The van der Waals surface area contributed by atoms with Gasteiger partial charge in [0, 0.05) is 30.6 Å². The molecule has 0 aliphatic rings. The van der Waals surface area contributed by atoms with Crippen molar-refractivity contribution in [2.24, 2.45) is 5.73 Å². The molecule has 0 amide bonds. The monoisotopic (exact) mass is 194 g/mol. The van der Waals surface area contributed by atoms with Crippen molar-refractivity contribution in [1.29, 1.82) is 0 Å². The first kappa shape index (κ1) is 11.1. The van der Waals surface area contributed by atoms with Crippen LogP contribution in [-0.2, 0) is 4.74 Å². The van der Waals surface area contributed by atoms with Crippen LogP contribution in [0.2, 0.25) is 0 Å². The summed E-state index contributed by atoms with van der Waals surface area (Å²) in [4.78, 5) is 4.06. The SMILES string of the molecule is CCCOC(c1cccnc1)C(C)N. The summed E-state index contributed by atoms with van der Waals surface area (Å²) in [6, 6.07) is 3.89. The third-order valence-electron chi connectivity index (χ3n) is 1.99. The second kappa shape index (κ2) is 5.73. The zero-order chi connectivity index (χ0) is 10.4. The molecule has 0 aromatic carbocycles. The number of aromatic nitrogens is 1. The highest BCUT2D eigenvalue weighted by Crippen LogP contribution is 2.19. The number of rotatable bonds is 5. The molecular weight excluding hydrogens is 176 g/mol. The van der Waals surface area contributed by atoms with Gasteiger partial charge in [-0.2, -0.15) is 0 Å². The average molecular weight is 194 g/mol. The zero-order valence-corrected chi connectivity index (χ0v) is 8.81. The molecule has 2 unspecified atom stereocenters. The maximum atomic E-state index is 5.86. The molecule has 3 nitrogen and oxygen atoms in total. The Hall–Kier alpha value is -0.930. The van der Waals surface area contributed by atoms with Crippen LogP contribution in [0.1, 0.15) is 31.9 Å². The number of nitrogens with zero attached hydrogens (tertiary/aromatic N) is 1. The van der Waals surface area contributed by atoms with E-state index in [0.717, 1.165) is 18.6 Å². The van der Waals surface area contributed by atoms with Gasteiger partial charge < -0.3 is 10.5 Å². The first-order chi connectivity index (χ1) is 6.75. The van der Waals surface area contributed by atoms with E-state index in [1.807, 2.05) is 25.3 Å². The summed E-state index contributed by atoms with van der Waals surface area (Å²) in [5.74, 6) is 0. The van der Waals surface area contributed by atoms with Crippen LogP contribution in [0.3, 0.4) is 0 Å². The van der Waals surface area contributed by atoms with E-state index < -0.39 is 0 Å². The van der Waals surface area contributed by atoms with E-state index in [1.54, 1.807) is 6.20 Å². The fourth-order valence-corrected chi connectivity index (χ4v) is 1.34. The molecule has 1 aromatic heterocycles. The van der Waals surface area contributed by atoms with Crippen LogP contribution in [0, 0.1) is 0 Å². The molecular formula is C11H18N2O. The maximum absolute atomic E-state index is 5.86. The Labute approximate surface area is 85.3 Å². The molecule has 1 rings (SSSR count). The Bertz CT molecular complexity index is 249.